The Morgan fingerprint density at radius 2 is 1.97 bits per heavy atom. The lowest BCUT2D eigenvalue weighted by Crippen LogP contribution is -2.71. The van der Waals surface area contributed by atoms with Crippen molar-refractivity contribution in [3.05, 3.63) is 0 Å². The maximum atomic E-state index is 13.8. The lowest BCUT2D eigenvalue weighted by atomic mass is 9.59. The minimum absolute atomic E-state index is 0.0266. The van der Waals surface area contributed by atoms with Gasteiger partial charge in [0.05, 0.1) is 23.1 Å². The van der Waals surface area contributed by atoms with Gasteiger partial charge in [-0.05, 0) is 51.4 Å². The van der Waals surface area contributed by atoms with E-state index in [1.807, 2.05) is 12.1 Å². The fourth-order valence-corrected chi connectivity index (χ4v) is 5.85. The molecule has 5 atom stereocenters. The summed E-state index contributed by atoms with van der Waals surface area (Å²) in [5.74, 6) is -0.319. The van der Waals surface area contributed by atoms with Crippen LogP contribution in [0.4, 0.5) is 4.39 Å². The molecule has 0 aromatic rings. The number of nitrogens with one attached hydrogen (secondary N) is 3. The van der Waals surface area contributed by atoms with Crippen LogP contribution in [0, 0.1) is 0 Å². The molecule has 5 fully saturated rings. The van der Waals surface area contributed by atoms with Gasteiger partial charge in [0.15, 0.2) is 0 Å². The van der Waals surface area contributed by atoms with Crippen molar-refractivity contribution in [3.8, 4) is 0 Å². The molecule has 2 bridgehead atoms. The van der Waals surface area contributed by atoms with Gasteiger partial charge in [-0.2, -0.15) is 0 Å². The Labute approximate surface area is 187 Å². The van der Waals surface area contributed by atoms with Crippen molar-refractivity contribution < 1.29 is 23.8 Å². The second-order valence-corrected chi connectivity index (χ2v) is 10.4. The number of hydrogen-bond donors (Lipinski definition) is 4. The van der Waals surface area contributed by atoms with Crippen molar-refractivity contribution in [1.29, 1.82) is 0 Å². The lowest BCUT2D eigenvalue weighted by molar-refractivity contribution is -0.140. The zero-order valence-electron chi connectivity index (χ0n) is 18.0. The third-order valence-electron chi connectivity index (χ3n) is 7.64. The van der Waals surface area contributed by atoms with Crippen LogP contribution < -0.4 is 16.1 Å². The van der Waals surface area contributed by atoms with Crippen LogP contribution in [0.2, 0.25) is 0 Å². The molecule has 1 heterocycles. The van der Waals surface area contributed by atoms with E-state index in [2.05, 4.69) is 16.1 Å². The van der Waals surface area contributed by atoms with Crippen LogP contribution in [0.25, 0.3) is 0 Å². The summed E-state index contributed by atoms with van der Waals surface area (Å²) in [6, 6.07) is -0.236. The van der Waals surface area contributed by atoms with Gasteiger partial charge in [-0.3, -0.25) is 9.59 Å². The number of fused-ring (bicyclic) bond motifs is 3. The van der Waals surface area contributed by atoms with Gasteiger partial charge >= 0.3 is 0 Å². The fraction of sp³-hybridized carbons (Fsp3) is 0.905. The Balaban J connectivity index is 1.26. The van der Waals surface area contributed by atoms with Crippen molar-refractivity contribution in [3.63, 3.8) is 0 Å². The van der Waals surface area contributed by atoms with Crippen LogP contribution in [0.5, 0.6) is 0 Å². The Morgan fingerprint density at radius 3 is 2.58 bits per heavy atom. The highest BCUT2D eigenvalue weighted by atomic mass is 35.5. The maximum absolute atomic E-state index is 13.8. The molecule has 4 N–H and O–H groups in total. The van der Waals surface area contributed by atoms with Gasteiger partial charge in [0.1, 0.15) is 18.8 Å². The number of alkyl halides is 2. The minimum atomic E-state index is -1.11. The van der Waals surface area contributed by atoms with Crippen molar-refractivity contribution in [2.75, 3.05) is 20.2 Å². The number of aliphatic hydroxyl groups is 1. The summed E-state index contributed by atoms with van der Waals surface area (Å²) in [7, 11) is 1.91. The van der Waals surface area contributed by atoms with Gasteiger partial charge in [-0.25, -0.2) is 14.8 Å². The first-order valence-electron chi connectivity index (χ1n) is 11.4. The summed E-state index contributed by atoms with van der Waals surface area (Å²) in [6.07, 6.45) is 3.05. The molecule has 0 spiro atoms. The highest BCUT2D eigenvalue weighted by Gasteiger charge is 2.55. The number of rotatable bonds is 6. The molecule has 0 radical (unpaired) electrons. The Morgan fingerprint density at radius 1 is 1.23 bits per heavy atom. The SMILES string of the molecule is CN1CCC(C(=O)NC23CCC(NC(=O)COC4CCC(Cl)C(F)C4)(CC2)C(O)C3)N1. The Bertz CT molecular complexity index is 690. The zero-order chi connectivity index (χ0) is 22.2. The third-order valence-corrected chi connectivity index (χ3v) is 8.13. The zero-order valence-corrected chi connectivity index (χ0v) is 18.8. The number of amides is 2. The van der Waals surface area contributed by atoms with Crippen LogP contribution in [0.1, 0.15) is 57.8 Å². The van der Waals surface area contributed by atoms with Gasteiger partial charge in [-0.15, -0.1) is 11.6 Å². The third kappa shape index (κ3) is 5.00. The van der Waals surface area contributed by atoms with Crippen LogP contribution >= 0.6 is 11.6 Å². The molecule has 176 valence electrons. The number of ether oxygens (including phenoxy) is 1. The number of hydrazine groups is 1. The van der Waals surface area contributed by atoms with Crippen molar-refractivity contribution in [2.45, 2.75) is 98.7 Å². The quantitative estimate of drug-likeness (QED) is 0.436. The highest BCUT2D eigenvalue weighted by Crippen LogP contribution is 2.47. The van der Waals surface area contributed by atoms with E-state index in [0.717, 1.165) is 13.0 Å². The smallest absolute Gasteiger partial charge is 0.246 e. The second-order valence-electron chi connectivity index (χ2n) is 9.86. The monoisotopic (exact) mass is 460 g/mol. The molecule has 1 aliphatic heterocycles. The normalized spacial score (nSPS) is 43.0. The van der Waals surface area contributed by atoms with E-state index in [1.165, 1.54) is 0 Å². The molecule has 8 nitrogen and oxygen atoms in total. The van der Waals surface area contributed by atoms with Crippen molar-refractivity contribution >= 4 is 23.4 Å². The average Bonchev–Trinajstić information content (AvgIpc) is 3.17. The van der Waals surface area contributed by atoms with Gasteiger partial charge in [-0.1, -0.05) is 0 Å². The molecule has 4 saturated carbocycles. The largest absolute Gasteiger partial charge is 0.391 e. The van der Waals surface area contributed by atoms with Gasteiger partial charge in [0, 0.05) is 25.6 Å². The first-order valence-corrected chi connectivity index (χ1v) is 11.8. The molecule has 2 amide bonds. The van der Waals surface area contributed by atoms with Crippen molar-refractivity contribution in [1.82, 2.24) is 21.1 Å². The molecule has 0 aromatic heterocycles. The van der Waals surface area contributed by atoms with E-state index in [9.17, 15) is 19.1 Å². The summed E-state index contributed by atoms with van der Waals surface area (Å²) in [6.45, 7) is 0.672. The number of halogens is 2. The standard InChI is InChI=1S/C21H34ClFN4O4/c1-27-9-4-16(26-27)19(30)25-20-5-7-21(8-6-20,17(28)11-20)24-18(29)12-31-13-2-3-14(22)15(23)10-13/h13-17,26,28H,2-12H2,1H3,(H,24,29)(H,25,30). The summed E-state index contributed by atoms with van der Waals surface area (Å²) >= 11 is 5.90. The van der Waals surface area contributed by atoms with Crippen LogP contribution in [-0.4, -0.2) is 83.0 Å². The van der Waals surface area contributed by atoms with E-state index in [4.69, 9.17) is 16.3 Å². The molecule has 4 aliphatic carbocycles. The molecule has 10 heteroatoms. The maximum Gasteiger partial charge on any atom is 0.246 e. The summed E-state index contributed by atoms with van der Waals surface area (Å²) < 4.78 is 19.4. The highest BCUT2D eigenvalue weighted by molar-refractivity contribution is 6.21. The minimum Gasteiger partial charge on any atom is -0.391 e. The lowest BCUT2D eigenvalue weighted by Gasteiger charge is -2.56. The summed E-state index contributed by atoms with van der Waals surface area (Å²) in [5.41, 5.74) is 2.04. The summed E-state index contributed by atoms with van der Waals surface area (Å²) in [5, 5.41) is 18.5. The predicted molar refractivity (Wildman–Crippen MR) is 113 cm³/mol. The molecular weight excluding hydrogens is 427 g/mol. The van der Waals surface area contributed by atoms with Gasteiger partial charge < -0.3 is 20.5 Å². The van der Waals surface area contributed by atoms with Crippen LogP contribution in [-0.2, 0) is 14.3 Å². The Kier molecular flexibility index (Phi) is 6.80. The average molecular weight is 461 g/mol. The number of nitrogens with zero attached hydrogens (tertiary/aromatic N) is 1. The first kappa shape index (κ1) is 23.2. The summed E-state index contributed by atoms with van der Waals surface area (Å²) in [4.78, 5) is 25.2. The van der Waals surface area contributed by atoms with Crippen LogP contribution in [0.15, 0.2) is 0 Å². The number of hydrogen-bond acceptors (Lipinski definition) is 6. The molecule has 1 saturated heterocycles. The van der Waals surface area contributed by atoms with Crippen LogP contribution in [0.3, 0.4) is 0 Å². The number of carbonyl (C=O) groups excluding carboxylic acids is 2. The van der Waals surface area contributed by atoms with E-state index in [0.29, 0.717) is 44.9 Å². The van der Waals surface area contributed by atoms with Gasteiger partial charge in [0.2, 0.25) is 11.8 Å². The molecule has 5 aliphatic rings. The first-order chi connectivity index (χ1) is 14.7. The molecule has 5 unspecified atom stereocenters. The van der Waals surface area contributed by atoms with E-state index < -0.39 is 28.7 Å². The molecule has 0 aromatic carbocycles. The van der Waals surface area contributed by atoms with Gasteiger partial charge in [0.25, 0.3) is 0 Å². The molecule has 31 heavy (non-hydrogen) atoms. The van der Waals surface area contributed by atoms with E-state index >= 15 is 0 Å². The molecule has 5 rings (SSSR count). The van der Waals surface area contributed by atoms with Crippen molar-refractivity contribution in [2.24, 2.45) is 0 Å². The predicted octanol–water partition coefficient (Wildman–Crippen LogP) is 0.758. The number of aliphatic hydroxyl groups excluding tert-OH is 1. The molecular formula is C21H34ClFN4O4. The second kappa shape index (κ2) is 9.09. The van der Waals surface area contributed by atoms with E-state index in [-0.39, 0.29) is 37.0 Å². The Hall–Kier alpha value is -1.00. The topological polar surface area (TPSA) is 103 Å². The van der Waals surface area contributed by atoms with E-state index in [1.54, 1.807) is 0 Å². The fourth-order valence-electron chi connectivity index (χ4n) is 5.62. The number of carbonyl (C=O) groups is 2.